The van der Waals surface area contributed by atoms with Crippen molar-refractivity contribution in [3.8, 4) is 44.5 Å². The number of rotatable bonds is 0. The summed E-state index contributed by atoms with van der Waals surface area (Å²) in [7, 11) is 0. The van der Waals surface area contributed by atoms with E-state index in [0.717, 1.165) is 24.8 Å². The zero-order chi connectivity index (χ0) is 22.9. The molecule has 1 aliphatic carbocycles. The van der Waals surface area contributed by atoms with E-state index in [1.54, 1.807) is 0 Å². The first kappa shape index (κ1) is 20.0. The molecule has 160 valence electrons. The van der Waals surface area contributed by atoms with Gasteiger partial charge in [0.2, 0.25) is 0 Å². The zero-order valence-corrected chi connectivity index (χ0v) is 15.1. The number of benzene rings is 2. The molecule has 4 nitrogen and oxygen atoms in total. The van der Waals surface area contributed by atoms with Crippen LogP contribution < -0.4 is 0 Å². The maximum atomic E-state index is 14.9. The van der Waals surface area contributed by atoms with Crippen LogP contribution in [-0.4, -0.2) is 20.4 Å². The van der Waals surface area contributed by atoms with Crippen LogP contribution in [0.4, 0.5) is 35.1 Å². The van der Waals surface area contributed by atoms with Crippen LogP contribution in [0.15, 0.2) is 24.8 Å². The Morgan fingerprint density at radius 1 is 0.312 bits per heavy atom. The fraction of sp³-hybridized carbons (Fsp3) is 0. The van der Waals surface area contributed by atoms with E-state index in [1.807, 2.05) is 0 Å². The van der Waals surface area contributed by atoms with E-state index in [9.17, 15) is 35.1 Å². The van der Waals surface area contributed by atoms with Crippen molar-refractivity contribution < 1.29 is 35.1 Å². The lowest BCUT2D eigenvalue weighted by molar-refractivity contribution is 0.411. The van der Waals surface area contributed by atoms with Crippen LogP contribution in [0.1, 0.15) is 0 Å². The summed E-state index contributed by atoms with van der Waals surface area (Å²) in [5.74, 6) is -16.3. The van der Waals surface area contributed by atoms with Crippen molar-refractivity contribution in [2.45, 2.75) is 0 Å². The molecule has 0 spiro atoms. The van der Waals surface area contributed by atoms with Crippen LogP contribution in [0, 0.1) is 46.5 Å². The van der Waals surface area contributed by atoms with Gasteiger partial charge < -0.3 is 0 Å². The maximum absolute atomic E-state index is 14.9. The predicted molar refractivity (Wildman–Crippen MR) is 92.6 cm³/mol. The summed E-state index contributed by atoms with van der Waals surface area (Å²) in [6.07, 6.45) is 2.93. The molecule has 4 aromatic rings. The molecule has 5 rings (SSSR count). The molecule has 0 unspecified atom stereocenters. The number of nitrogens with zero attached hydrogens (tertiary/aromatic N) is 4. The highest BCUT2D eigenvalue weighted by atomic mass is 19.2. The van der Waals surface area contributed by atoms with Crippen molar-refractivity contribution in [3.05, 3.63) is 71.3 Å². The van der Waals surface area contributed by atoms with Gasteiger partial charge in [0.15, 0.2) is 46.5 Å². The van der Waals surface area contributed by atoms with Gasteiger partial charge in [0, 0.05) is 44.5 Å². The monoisotopic (exact) mass is 452 g/mol. The Morgan fingerprint density at radius 3 is 0.688 bits per heavy atom. The smallest absolute Gasteiger partial charge is 0.198 e. The molecular weight excluding hydrogens is 448 g/mol. The molecule has 0 fully saturated rings. The fourth-order valence-corrected chi connectivity index (χ4v) is 3.71. The molecule has 0 radical (unpaired) electrons. The van der Waals surface area contributed by atoms with E-state index in [1.165, 1.54) is 0 Å². The van der Waals surface area contributed by atoms with Crippen molar-refractivity contribution >= 4 is 0 Å². The average molecular weight is 452 g/mol. The molecule has 0 bridgehead atoms. The molecule has 1 aliphatic rings. The second kappa shape index (κ2) is 6.77. The topological polar surface area (TPSA) is 51.6 Å². The fourth-order valence-electron chi connectivity index (χ4n) is 3.71. The maximum Gasteiger partial charge on any atom is 0.198 e. The Morgan fingerprint density at radius 2 is 0.500 bits per heavy atom. The normalized spacial score (nSPS) is 11.8. The molecule has 0 N–H and O–H groups in total. The minimum absolute atomic E-state index is 0.585. The Labute approximate surface area is 172 Å². The van der Waals surface area contributed by atoms with E-state index in [-0.39, 0.29) is 0 Å². The minimum Gasteiger partial charge on any atom is -0.203 e. The highest BCUT2D eigenvalue weighted by Crippen LogP contribution is 2.51. The van der Waals surface area contributed by atoms with Crippen molar-refractivity contribution in [2.24, 2.45) is 0 Å². The van der Waals surface area contributed by atoms with Gasteiger partial charge in [-0.2, -0.15) is 20.4 Å². The number of fused-ring (bicyclic) bond motifs is 8. The van der Waals surface area contributed by atoms with Gasteiger partial charge >= 0.3 is 0 Å². The van der Waals surface area contributed by atoms with Crippen LogP contribution >= 0.6 is 0 Å². The molecule has 12 heteroatoms. The molecule has 0 atom stereocenters. The van der Waals surface area contributed by atoms with Gasteiger partial charge in [-0.3, -0.25) is 0 Å². The second-order valence-electron chi connectivity index (χ2n) is 6.64. The van der Waals surface area contributed by atoms with Gasteiger partial charge in [0.05, 0.1) is 24.8 Å². The summed E-state index contributed by atoms with van der Waals surface area (Å²) >= 11 is 0. The van der Waals surface area contributed by atoms with Gasteiger partial charge in [-0.25, -0.2) is 35.1 Å². The standard InChI is InChI=1S/C20H4F8N4/c21-13-9-5-1-29-30-2-6(5)10-12(16(24)20(28)18(26)14(10)22)8-4-32-31-3-7(8)11(9)15(23)19(27)17(13)25/h1-4H. The van der Waals surface area contributed by atoms with Crippen molar-refractivity contribution in [1.29, 1.82) is 0 Å². The number of aromatic nitrogens is 4. The minimum atomic E-state index is -2.19. The highest BCUT2D eigenvalue weighted by Gasteiger charge is 2.36. The lowest BCUT2D eigenvalue weighted by Crippen LogP contribution is -2.11. The lowest BCUT2D eigenvalue weighted by atomic mass is 9.82. The first-order chi connectivity index (χ1) is 15.3. The molecule has 0 saturated heterocycles. The Balaban J connectivity index is 2.14. The predicted octanol–water partition coefficient (Wildman–Crippen LogP) is 5.36. The quantitative estimate of drug-likeness (QED) is 0.180. The first-order valence-corrected chi connectivity index (χ1v) is 8.60. The molecule has 0 aliphatic heterocycles. The van der Waals surface area contributed by atoms with Gasteiger partial charge in [-0.15, -0.1) is 0 Å². The van der Waals surface area contributed by atoms with Crippen molar-refractivity contribution in [1.82, 2.24) is 20.4 Å². The van der Waals surface area contributed by atoms with E-state index in [4.69, 9.17) is 0 Å². The first-order valence-electron chi connectivity index (χ1n) is 8.60. The number of hydrogen-bond acceptors (Lipinski definition) is 4. The van der Waals surface area contributed by atoms with Gasteiger partial charge in [0.1, 0.15) is 0 Å². The third kappa shape index (κ3) is 2.43. The van der Waals surface area contributed by atoms with E-state index < -0.39 is 91.0 Å². The Hall–Kier alpha value is -3.96. The lowest BCUT2D eigenvalue weighted by Gasteiger charge is -2.23. The third-order valence-corrected chi connectivity index (χ3v) is 5.07. The largest absolute Gasteiger partial charge is 0.203 e. The van der Waals surface area contributed by atoms with Gasteiger partial charge in [0.25, 0.3) is 0 Å². The molecule has 32 heavy (non-hydrogen) atoms. The van der Waals surface area contributed by atoms with E-state index in [0.29, 0.717) is 0 Å². The van der Waals surface area contributed by atoms with Gasteiger partial charge in [-0.1, -0.05) is 0 Å². The Kier molecular flexibility index (Phi) is 4.23. The van der Waals surface area contributed by atoms with Crippen LogP contribution in [-0.2, 0) is 0 Å². The summed E-state index contributed by atoms with van der Waals surface area (Å²) in [4.78, 5) is 0. The molecule has 2 aromatic carbocycles. The molecule has 2 aromatic heterocycles. The number of halogens is 8. The Bertz CT molecular complexity index is 1250. The van der Waals surface area contributed by atoms with Crippen LogP contribution in [0.3, 0.4) is 0 Å². The van der Waals surface area contributed by atoms with Gasteiger partial charge in [-0.05, 0) is 0 Å². The molecule has 0 saturated carbocycles. The van der Waals surface area contributed by atoms with Crippen LogP contribution in [0.2, 0.25) is 0 Å². The third-order valence-electron chi connectivity index (χ3n) is 5.07. The van der Waals surface area contributed by atoms with Crippen molar-refractivity contribution in [2.75, 3.05) is 0 Å². The zero-order valence-electron chi connectivity index (χ0n) is 15.1. The second-order valence-corrected chi connectivity index (χ2v) is 6.64. The summed E-state index contributed by atoms with van der Waals surface area (Å²) in [5.41, 5.74) is -6.08. The summed E-state index contributed by atoms with van der Waals surface area (Å²) in [6, 6.07) is 0. The molecule has 0 amide bonds. The average Bonchev–Trinajstić information content (AvgIpc) is 2.80. The van der Waals surface area contributed by atoms with E-state index in [2.05, 4.69) is 20.4 Å². The number of hydrogen-bond donors (Lipinski definition) is 0. The molecule has 2 heterocycles. The highest BCUT2D eigenvalue weighted by molar-refractivity contribution is 6.02. The molecular formula is C20H4F8N4. The van der Waals surface area contributed by atoms with Crippen molar-refractivity contribution in [3.63, 3.8) is 0 Å². The summed E-state index contributed by atoms with van der Waals surface area (Å²) in [5, 5.41) is 13.8. The summed E-state index contributed by atoms with van der Waals surface area (Å²) < 4.78 is 116. The SMILES string of the molecule is Fc1c(F)c(F)c2c(c1F)-c1cnncc1-c1c(F)c(F)c(F)c(F)c1-c1cnncc1-2. The summed E-state index contributed by atoms with van der Waals surface area (Å²) in [6.45, 7) is 0. The van der Waals surface area contributed by atoms with E-state index >= 15 is 0 Å². The van der Waals surface area contributed by atoms with Crippen LogP contribution in [0.5, 0.6) is 0 Å². The van der Waals surface area contributed by atoms with Crippen LogP contribution in [0.25, 0.3) is 44.5 Å².